The van der Waals surface area contributed by atoms with E-state index in [0.717, 1.165) is 27.4 Å². The summed E-state index contributed by atoms with van der Waals surface area (Å²) in [6.45, 7) is 1.61. The van der Waals surface area contributed by atoms with E-state index in [2.05, 4.69) is 5.32 Å². The molecule has 0 aliphatic carbocycles. The number of hydrogen-bond acceptors (Lipinski definition) is 3. The summed E-state index contributed by atoms with van der Waals surface area (Å²) in [6.07, 6.45) is 0. The predicted octanol–water partition coefficient (Wildman–Crippen LogP) is 3.85. The summed E-state index contributed by atoms with van der Waals surface area (Å²) in [5, 5.41) is 3.15. The molecule has 0 saturated heterocycles. The third-order valence-electron chi connectivity index (χ3n) is 2.31. The number of halogens is 3. The molecule has 6 heteroatoms. The Bertz CT molecular complexity index is 527. The lowest BCUT2D eigenvalue weighted by Gasteiger charge is -2.07. The fourth-order valence-electron chi connectivity index (χ4n) is 1.51. The summed E-state index contributed by atoms with van der Waals surface area (Å²) in [5.74, 6) is -1.09. The number of ether oxygens (including phenoxy) is 1. The normalized spacial score (nSPS) is 10.7. The van der Waals surface area contributed by atoms with Crippen molar-refractivity contribution in [2.24, 2.45) is 0 Å². The highest BCUT2D eigenvalue weighted by Crippen LogP contribution is 2.21. The zero-order chi connectivity index (χ0) is 13.7. The number of thiophene rings is 1. The Morgan fingerprint density at radius 3 is 2.53 bits per heavy atom. The highest BCUT2D eigenvalue weighted by molar-refractivity contribution is 7.16. The van der Waals surface area contributed by atoms with Crippen LogP contribution in [0.2, 0.25) is 4.34 Å². The summed E-state index contributed by atoms with van der Waals surface area (Å²) in [5.41, 5.74) is 0. The fraction of sp³-hybridized carbons (Fsp3) is 0.231. The molecule has 1 N–H and O–H groups in total. The SMILES string of the molecule is Fc1cc(F)cc(OCCNCc2ccc(Cl)s2)c1. The van der Waals surface area contributed by atoms with Gasteiger partial charge in [0.25, 0.3) is 0 Å². The maximum Gasteiger partial charge on any atom is 0.129 e. The molecule has 0 aliphatic heterocycles. The van der Waals surface area contributed by atoms with Crippen LogP contribution in [0.5, 0.6) is 5.75 Å². The Kier molecular flexibility index (Phi) is 5.13. The van der Waals surface area contributed by atoms with Gasteiger partial charge in [0.2, 0.25) is 0 Å². The largest absolute Gasteiger partial charge is 0.492 e. The molecule has 0 atom stereocenters. The van der Waals surface area contributed by atoms with Gasteiger partial charge in [0.1, 0.15) is 24.0 Å². The number of nitrogens with one attached hydrogen (secondary N) is 1. The Morgan fingerprint density at radius 2 is 1.89 bits per heavy atom. The van der Waals surface area contributed by atoms with Crippen LogP contribution in [-0.2, 0) is 6.54 Å². The van der Waals surface area contributed by atoms with E-state index in [1.54, 1.807) is 0 Å². The minimum absolute atomic E-state index is 0.193. The van der Waals surface area contributed by atoms with Gasteiger partial charge in [0.15, 0.2) is 0 Å². The van der Waals surface area contributed by atoms with Crippen molar-refractivity contribution < 1.29 is 13.5 Å². The molecule has 1 heterocycles. The standard InChI is InChI=1S/C13H12ClF2NOS/c14-13-2-1-12(19-13)8-17-3-4-18-11-6-9(15)5-10(16)7-11/h1-2,5-7,17H,3-4,8H2. The van der Waals surface area contributed by atoms with E-state index in [1.807, 2.05) is 12.1 Å². The first-order valence-electron chi connectivity index (χ1n) is 5.67. The molecule has 1 aromatic carbocycles. The molecule has 0 aliphatic rings. The van der Waals surface area contributed by atoms with E-state index in [9.17, 15) is 8.78 Å². The van der Waals surface area contributed by atoms with Gasteiger partial charge in [-0.25, -0.2) is 8.78 Å². The van der Waals surface area contributed by atoms with Gasteiger partial charge in [0, 0.05) is 36.2 Å². The average molecular weight is 304 g/mol. The van der Waals surface area contributed by atoms with E-state index in [0.29, 0.717) is 19.7 Å². The first-order valence-corrected chi connectivity index (χ1v) is 6.87. The van der Waals surface area contributed by atoms with Crippen LogP contribution in [0.25, 0.3) is 0 Å². The van der Waals surface area contributed by atoms with E-state index < -0.39 is 11.6 Å². The molecule has 102 valence electrons. The maximum absolute atomic E-state index is 12.9. The van der Waals surface area contributed by atoms with Gasteiger partial charge in [-0.05, 0) is 12.1 Å². The molecule has 1 aromatic heterocycles. The zero-order valence-electron chi connectivity index (χ0n) is 9.96. The fourth-order valence-corrected chi connectivity index (χ4v) is 2.57. The van der Waals surface area contributed by atoms with E-state index >= 15 is 0 Å². The minimum atomic E-state index is -0.642. The van der Waals surface area contributed by atoms with Gasteiger partial charge in [-0.3, -0.25) is 0 Å². The van der Waals surface area contributed by atoms with Crippen molar-refractivity contribution in [2.45, 2.75) is 6.54 Å². The van der Waals surface area contributed by atoms with Crippen molar-refractivity contribution >= 4 is 22.9 Å². The van der Waals surface area contributed by atoms with Crippen molar-refractivity contribution in [3.63, 3.8) is 0 Å². The second kappa shape index (κ2) is 6.84. The highest BCUT2D eigenvalue weighted by atomic mass is 35.5. The lowest BCUT2D eigenvalue weighted by atomic mass is 10.3. The van der Waals surface area contributed by atoms with Gasteiger partial charge in [-0.15, -0.1) is 11.3 Å². The quantitative estimate of drug-likeness (QED) is 0.819. The molecule has 19 heavy (non-hydrogen) atoms. The Hall–Kier alpha value is -1.17. The van der Waals surface area contributed by atoms with Crippen LogP contribution in [0.15, 0.2) is 30.3 Å². The summed E-state index contributed by atoms with van der Waals surface area (Å²) in [4.78, 5) is 1.13. The van der Waals surface area contributed by atoms with Crippen LogP contribution >= 0.6 is 22.9 Å². The molecule has 0 fully saturated rings. The number of benzene rings is 1. The van der Waals surface area contributed by atoms with Gasteiger partial charge in [0.05, 0.1) is 4.34 Å². The van der Waals surface area contributed by atoms with Crippen LogP contribution in [0, 0.1) is 11.6 Å². The summed E-state index contributed by atoms with van der Waals surface area (Å²) in [7, 11) is 0. The number of rotatable bonds is 6. The maximum atomic E-state index is 12.9. The summed E-state index contributed by atoms with van der Waals surface area (Å²) >= 11 is 7.31. The number of hydrogen-bond donors (Lipinski definition) is 1. The third-order valence-corrected chi connectivity index (χ3v) is 3.54. The second-order valence-electron chi connectivity index (χ2n) is 3.84. The lowest BCUT2D eigenvalue weighted by Crippen LogP contribution is -2.20. The molecule has 0 bridgehead atoms. The molecule has 0 spiro atoms. The average Bonchev–Trinajstić information content (AvgIpc) is 2.73. The Morgan fingerprint density at radius 1 is 1.16 bits per heavy atom. The first kappa shape index (κ1) is 14.2. The minimum Gasteiger partial charge on any atom is -0.492 e. The van der Waals surface area contributed by atoms with Crippen LogP contribution in [0.3, 0.4) is 0 Å². The van der Waals surface area contributed by atoms with Crippen LogP contribution in [0.4, 0.5) is 8.78 Å². The Balaban J connectivity index is 1.69. The van der Waals surface area contributed by atoms with Crippen molar-refractivity contribution in [3.05, 3.63) is 51.2 Å². The summed E-state index contributed by atoms with van der Waals surface area (Å²) in [6, 6.07) is 6.91. The predicted molar refractivity (Wildman–Crippen MR) is 72.9 cm³/mol. The van der Waals surface area contributed by atoms with Crippen molar-refractivity contribution in [1.82, 2.24) is 5.32 Å². The molecule has 2 aromatic rings. The van der Waals surface area contributed by atoms with E-state index in [1.165, 1.54) is 11.3 Å². The van der Waals surface area contributed by atoms with Gasteiger partial charge in [-0.2, -0.15) is 0 Å². The van der Waals surface area contributed by atoms with Crippen LogP contribution in [-0.4, -0.2) is 13.2 Å². The third kappa shape index (κ3) is 4.78. The second-order valence-corrected chi connectivity index (χ2v) is 5.64. The highest BCUT2D eigenvalue weighted by Gasteiger charge is 2.01. The molecular formula is C13H12ClF2NOS. The molecule has 2 rings (SSSR count). The van der Waals surface area contributed by atoms with Gasteiger partial charge >= 0.3 is 0 Å². The van der Waals surface area contributed by atoms with Crippen molar-refractivity contribution in [3.8, 4) is 5.75 Å². The zero-order valence-corrected chi connectivity index (χ0v) is 11.5. The smallest absolute Gasteiger partial charge is 0.129 e. The van der Waals surface area contributed by atoms with Crippen molar-refractivity contribution in [1.29, 1.82) is 0 Å². The van der Waals surface area contributed by atoms with E-state index in [-0.39, 0.29) is 5.75 Å². The molecule has 0 amide bonds. The van der Waals surface area contributed by atoms with E-state index in [4.69, 9.17) is 16.3 Å². The summed E-state index contributed by atoms with van der Waals surface area (Å²) < 4.78 is 31.8. The molecule has 0 unspecified atom stereocenters. The van der Waals surface area contributed by atoms with Crippen molar-refractivity contribution in [2.75, 3.05) is 13.2 Å². The topological polar surface area (TPSA) is 21.3 Å². The van der Waals surface area contributed by atoms with Crippen LogP contribution < -0.4 is 10.1 Å². The molecule has 2 nitrogen and oxygen atoms in total. The Labute approximate surface area is 119 Å². The molecule has 0 radical (unpaired) electrons. The van der Waals surface area contributed by atoms with Gasteiger partial charge < -0.3 is 10.1 Å². The first-order chi connectivity index (χ1) is 9.13. The monoisotopic (exact) mass is 303 g/mol. The molecular weight excluding hydrogens is 292 g/mol. The van der Waals surface area contributed by atoms with Gasteiger partial charge in [-0.1, -0.05) is 11.6 Å². The lowest BCUT2D eigenvalue weighted by molar-refractivity contribution is 0.310. The van der Waals surface area contributed by atoms with Crippen LogP contribution in [0.1, 0.15) is 4.88 Å². The molecule has 0 saturated carbocycles.